The highest BCUT2D eigenvalue weighted by Gasteiger charge is 2.44. The van der Waals surface area contributed by atoms with Crippen molar-refractivity contribution in [2.45, 2.75) is 75.1 Å². The van der Waals surface area contributed by atoms with Crippen molar-refractivity contribution in [3.8, 4) is 0 Å². The van der Waals surface area contributed by atoms with E-state index in [9.17, 15) is 30.3 Å². The summed E-state index contributed by atoms with van der Waals surface area (Å²) in [5, 5.41) is 52.5. The van der Waals surface area contributed by atoms with Gasteiger partial charge in [0.1, 0.15) is 43.2 Å². The maximum Gasteiger partial charge on any atom is 0.407 e. The molecule has 2 aliphatic rings. The first-order chi connectivity index (χ1) is 16.9. The van der Waals surface area contributed by atoms with Gasteiger partial charge in [-0.15, -0.1) is 0 Å². The summed E-state index contributed by atoms with van der Waals surface area (Å²) in [5.41, 5.74) is 0.911. The number of carbonyl (C=O) groups is 1. The highest BCUT2D eigenvalue weighted by Crippen LogP contribution is 2.24. The first kappa shape index (κ1) is 27.7. The van der Waals surface area contributed by atoms with Crippen molar-refractivity contribution in [3.05, 3.63) is 35.9 Å². The molecular formula is C23H35NO11. The molecule has 2 aliphatic heterocycles. The monoisotopic (exact) mass is 501 g/mol. The minimum absolute atomic E-state index is 0.136. The number of aliphatic hydroxyl groups excluding tert-OH is 5. The molecule has 2 unspecified atom stereocenters. The van der Waals surface area contributed by atoms with E-state index in [-0.39, 0.29) is 26.4 Å². The Balaban J connectivity index is 1.24. The van der Waals surface area contributed by atoms with E-state index >= 15 is 0 Å². The van der Waals surface area contributed by atoms with Crippen LogP contribution in [-0.4, -0.2) is 107 Å². The number of rotatable bonds is 11. The number of ether oxygens (including phenoxy) is 5. The maximum atomic E-state index is 11.7. The molecule has 3 rings (SSSR count). The van der Waals surface area contributed by atoms with E-state index in [1.165, 1.54) is 0 Å². The van der Waals surface area contributed by atoms with Crippen LogP contribution in [0.1, 0.15) is 24.8 Å². The molecule has 8 atom stereocenters. The van der Waals surface area contributed by atoms with Crippen molar-refractivity contribution in [3.63, 3.8) is 0 Å². The first-order valence-electron chi connectivity index (χ1n) is 11.7. The van der Waals surface area contributed by atoms with Gasteiger partial charge in [-0.2, -0.15) is 0 Å². The van der Waals surface area contributed by atoms with E-state index in [1.807, 2.05) is 30.3 Å². The number of nitrogens with one attached hydrogen (secondary N) is 1. The molecule has 12 nitrogen and oxygen atoms in total. The minimum atomic E-state index is -1.52. The predicted molar refractivity (Wildman–Crippen MR) is 119 cm³/mol. The number of amides is 1. The van der Waals surface area contributed by atoms with Gasteiger partial charge in [-0.1, -0.05) is 30.3 Å². The van der Waals surface area contributed by atoms with Gasteiger partial charge >= 0.3 is 6.09 Å². The van der Waals surface area contributed by atoms with Crippen LogP contribution < -0.4 is 5.32 Å². The SMILES string of the molecule is O=C(NCCCCCO[C@@H]1OC[C@@H](O[C@@H]2OC[C@@H](O)[C@H](O)C2O)[C@H](O)C1O)OCc1ccccc1. The molecule has 0 bridgehead atoms. The average Bonchev–Trinajstić information content (AvgIpc) is 2.86. The maximum absolute atomic E-state index is 11.7. The molecule has 2 saturated heterocycles. The normalized spacial score (nSPS) is 33.3. The summed E-state index contributed by atoms with van der Waals surface area (Å²) in [7, 11) is 0. The van der Waals surface area contributed by atoms with Gasteiger partial charge in [-0.05, 0) is 24.8 Å². The quantitative estimate of drug-likeness (QED) is 0.205. The second-order valence-corrected chi connectivity index (χ2v) is 8.53. The molecule has 35 heavy (non-hydrogen) atoms. The van der Waals surface area contributed by atoms with E-state index in [1.54, 1.807) is 0 Å². The third kappa shape index (κ3) is 8.34. The summed E-state index contributed by atoms with van der Waals surface area (Å²) in [6.45, 7) is 0.553. The molecule has 198 valence electrons. The zero-order chi connectivity index (χ0) is 25.2. The van der Waals surface area contributed by atoms with Crippen molar-refractivity contribution < 1.29 is 54.0 Å². The fourth-order valence-corrected chi connectivity index (χ4v) is 3.67. The van der Waals surface area contributed by atoms with Gasteiger partial charge < -0.3 is 54.5 Å². The van der Waals surface area contributed by atoms with Crippen molar-refractivity contribution >= 4 is 6.09 Å². The Hall–Kier alpha value is -1.87. The Morgan fingerprint density at radius 3 is 2.37 bits per heavy atom. The van der Waals surface area contributed by atoms with Gasteiger partial charge in [0.15, 0.2) is 12.6 Å². The van der Waals surface area contributed by atoms with Crippen LogP contribution in [0.3, 0.4) is 0 Å². The lowest BCUT2D eigenvalue weighted by Crippen LogP contribution is -2.59. The highest BCUT2D eigenvalue weighted by atomic mass is 16.7. The topological polar surface area (TPSA) is 176 Å². The summed E-state index contributed by atoms with van der Waals surface area (Å²) in [4.78, 5) is 11.7. The fourth-order valence-electron chi connectivity index (χ4n) is 3.67. The number of hydrogen-bond donors (Lipinski definition) is 6. The van der Waals surface area contributed by atoms with Gasteiger partial charge in [-0.25, -0.2) is 4.79 Å². The van der Waals surface area contributed by atoms with Gasteiger partial charge in [-0.3, -0.25) is 0 Å². The minimum Gasteiger partial charge on any atom is -0.445 e. The molecule has 6 N–H and O–H groups in total. The van der Waals surface area contributed by atoms with Gasteiger partial charge in [0.2, 0.25) is 0 Å². The van der Waals surface area contributed by atoms with Crippen molar-refractivity contribution in [2.75, 3.05) is 26.4 Å². The predicted octanol–water partition coefficient (Wildman–Crippen LogP) is -0.998. The van der Waals surface area contributed by atoms with Crippen LogP contribution >= 0.6 is 0 Å². The smallest absolute Gasteiger partial charge is 0.407 e. The van der Waals surface area contributed by atoms with Crippen LogP contribution in [-0.2, 0) is 30.3 Å². The lowest BCUT2D eigenvalue weighted by Gasteiger charge is -2.41. The van der Waals surface area contributed by atoms with Crippen LogP contribution in [0, 0.1) is 0 Å². The van der Waals surface area contributed by atoms with Crippen LogP contribution in [0.15, 0.2) is 30.3 Å². The van der Waals surface area contributed by atoms with Crippen molar-refractivity contribution in [2.24, 2.45) is 0 Å². The standard InChI is InChI=1S/C23H35NO11/c25-15-12-32-22(19(28)17(15)26)35-16-13-33-21(20(29)18(16)27)31-10-6-2-5-9-24-23(30)34-11-14-7-3-1-4-8-14/h1,3-4,7-8,15-22,25-29H,2,5-6,9-13H2,(H,24,30)/t15-,16-,17+,18+,19?,20?,21-,22+/m1/s1. The zero-order valence-electron chi connectivity index (χ0n) is 19.3. The second-order valence-electron chi connectivity index (χ2n) is 8.53. The zero-order valence-corrected chi connectivity index (χ0v) is 19.3. The summed E-state index contributed by atoms with van der Waals surface area (Å²) in [5.74, 6) is 0. The fraction of sp³-hybridized carbons (Fsp3) is 0.696. The molecule has 0 aliphatic carbocycles. The number of aliphatic hydroxyl groups is 5. The molecule has 2 heterocycles. The van der Waals surface area contributed by atoms with E-state index in [4.69, 9.17) is 23.7 Å². The number of alkyl carbamates (subject to hydrolysis) is 1. The lowest BCUT2D eigenvalue weighted by atomic mass is 10.0. The van der Waals surface area contributed by atoms with E-state index in [2.05, 4.69) is 5.32 Å². The summed E-state index contributed by atoms with van der Waals surface area (Å²) >= 11 is 0. The number of unbranched alkanes of at least 4 members (excludes halogenated alkanes) is 2. The van der Waals surface area contributed by atoms with Crippen LogP contribution in [0.2, 0.25) is 0 Å². The van der Waals surface area contributed by atoms with Crippen molar-refractivity contribution in [1.29, 1.82) is 0 Å². The molecule has 0 saturated carbocycles. The Kier molecular flexibility index (Phi) is 11.1. The Morgan fingerprint density at radius 1 is 0.886 bits per heavy atom. The number of hydrogen-bond acceptors (Lipinski definition) is 11. The molecule has 0 spiro atoms. The number of carbonyl (C=O) groups excluding carboxylic acids is 1. The van der Waals surface area contributed by atoms with Gasteiger partial charge in [0, 0.05) is 13.2 Å². The van der Waals surface area contributed by atoms with Crippen molar-refractivity contribution in [1.82, 2.24) is 5.32 Å². The third-order valence-electron chi connectivity index (χ3n) is 5.78. The summed E-state index contributed by atoms with van der Waals surface area (Å²) in [6.07, 6.45) is -8.73. The van der Waals surface area contributed by atoms with Gasteiger partial charge in [0.25, 0.3) is 0 Å². The molecule has 1 aromatic carbocycles. The highest BCUT2D eigenvalue weighted by molar-refractivity contribution is 5.67. The number of benzene rings is 1. The van der Waals surface area contributed by atoms with Gasteiger partial charge in [0.05, 0.1) is 13.2 Å². The summed E-state index contributed by atoms with van der Waals surface area (Å²) in [6, 6.07) is 9.39. The third-order valence-corrected chi connectivity index (χ3v) is 5.78. The van der Waals surface area contributed by atoms with E-state index in [0.29, 0.717) is 19.4 Å². The van der Waals surface area contributed by atoms with E-state index in [0.717, 1.165) is 12.0 Å². The molecule has 0 aromatic heterocycles. The molecule has 0 radical (unpaired) electrons. The van der Waals surface area contributed by atoms with Crippen LogP contribution in [0.25, 0.3) is 0 Å². The first-order valence-corrected chi connectivity index (χ1v) is 11.7. The average molecular weight is 502 g/mol. The Labute approximate surface area is 203 Å². The molecular weight excluding hydrogens is 466 g/mol. The molecule has 1 amide bonds. The summed E-state index contributed by atoms with van der Waals surface area (Å²) < 4.78 is 26.7. The lowest BCUT2D eigenvalue weighted by molar-refractivity contribution is -0.328. The Morgan fingerprint density at radius 2 is 1.60 bits per heavy atom. The molecule has 1 aromatic rings. The van der Waals surface area contributed by atoms with Crippen LogP contribution in [0.5, 0.6) is 0 Å². The molecule has 2 fully saturated rings. The van der Waals surface area contributed by atoms with E-state index < -0.39 is 55.3 Å². The molecule has 12 heteroatoms. The van der Waals surface area contributed by atoms with Crippen LogP contribution in [0.4, 0.5) is 4.79 Å². The Bertz CT molecular complexity index is 754. The largest absolute Gasteiger partial charge is 0.445 e. The second kappa shape index (κ2) is 14.0.